The van der Waals surface area contributed by atoms with E-state index in [0.29, 0.717) is 41.9 Å². The zero-order chi connectivity index (χ0) is 20.1. The van der Waals surface area contributed by atoms with Crippen LogP contribution in [0.2, 0.25) is 10.0 Å². The zero-order valence-electron chi connectivity index (χ0n) is 14.8. The third kappa shape index (κ3) is 4.80. The molecule has 1 unspecified atom stereocenters. The molecule has 2 amide bonds. The Kier molecular flexibility index (Phi) is 6.85. The minimum Gasteiger partial charge on any atom is -0.379 e. The minimum atomic E-state index is -0.769. The quantitative estimate of drug-likeness (QED) is 0.738. The van der Waals surface area contributed by atoms with E-state index in [9.17, 15) is 14.0 Å². The molecule has 1 fully saturated rings. The molecule has 9 heteroatoms. The van der Waals surface area contributed by atoms with Crippen molar-refractivity contribution in [3.63, 3.8) is 0 Å². The zero-order valence-corrected chi connectivity index (χ0v) is 16.3. The molecule has 2 aromatic rings. The van der Waals surface area contributed by atoms with Crippen molar-refractivity contribution in [3.05, 3.63) is 69.5 Å². The van der Waals surface area contributed by atoms with Gasteiger partial charge in [-0.15, -0.1) is 0 Å². The van der Waals surface area contributed by atoms with E-state index in [4.69, 9.17) is 27.9 Å². The smallest absolute Gasteiger partial charge is 0.272 e. The van der Waals surface area contributed by atoms with Crippen LogP contribution in [0, 0.1) is 5.82 Å². The van der Waals surface area contributed by atoms with Crippen LogP contribution in [0.25, 0.3) is 0 Å². The second-order valence-corrected chi connectivity index (χ2v) is 6.98. The maximum Gasteiger partial charge on any atom is 0.272 e. The highest BCUT2D eigenvalue weighted by molar-refractivity contribution is 6.35. The standard InChI is InChI=1S/C19H18Cl2FN3O3/c20-12-5-6-13(15(21)11-12)17(25-7-9-28-10-8-25)19(27)24-23-18(26)14-3-1-2-4-16(14)22/h1-6,11,17H,7-10H2,(H,23,26)(H,24,27). The van der Waals surface area contributed by atoms with Gasteiger partial charge in [0, 0.05) is 23.1 Å². The Balaban J connectivity index is 1.78. The van der Waals surface area contributed by atoms with Gasteiger partial charge in [-0.05, 0) is 29.8 Å². The summed E-state index contributed by atoms with van der Waals surface area (Å²) in [4.78, 5) is 27.0. The minimum absolute atomic E-state index is 0.171. The van der Waals surface area contributed by atoms with Crippen molar-refractivity contribution < 1.29 is 18.7 Å². The van der Waals surface area contributed by atoms with E-state index in [1.807, 2.05) is 4.90 Å². The van der Waals surface area contributed by atoms with E-state index < -0.39 is 23.7 Å². The maximum absolute atomic E-state index is 13.7. The van der Waals surface area contributed by atoms with Gasteiger partial charge in [-0.25, -0.2) is 4.39 Å². The van der Waals surface area contributed by atoms with Gasteiger partial charge in [0.25, 0.3) is 11.8 Å². The van der Waals surface area contributed by atoms with Crippen molar-refractivity contribution in [2.75, 3.05) is 26.3 Å². The number of nitrogens with zero attached hydrogens (tertiary/aromatic N) is 1. The molecule has 2 aromatic carbocycles. The lowest BCUT2D eigenvalue weighted by Crippen LogP contribution is -2.50. The highest BCUT2D eigenvalue weighted by Crippen LogP contribution is 2.30. The molecule has 0 spiro atoms. The average molecular weight is 426 g/mol. The molecule has 2 N–H and O–H groups in total. The van der Waals surface area contributed by atoms with Crippen LogP contribution in [-0.2, 0) is 9.53 Å². The van der Waals surface area contributed by atoms with Crippen LogP contribution in [0.15, 0.2) is 42.5 Å². The second kappa shape index (κ2) is 9.34. The fraction of sp³-hybridized carbons (Fsp3) is 0.263. The van der Waals surface area contributed by atoms with Gasteiger partial charge in [-0.3, -0.25) is 25.3 Å². The van der Waals surface area contributed by atoms with Crippen molar-refractivity contribution in [1.29, 1.82) is 0 Å². The van der Waals surface area contributed by atoms with E-state index in [1.54, 1.807) is 18.2 Å². The van der Waals surface area contributed by atoms with Gasteiger partial charge in [-0.1, -0.05) is 41.4 Å². The number of hydrogen-bond donors (Lipinski definition) is 2. The summed E-state index contributed by atoms with van der Waals surface area (Å²) in [5.74, 6) is -1.94. The number of ether oxygens (including phenoxy) is 1. The Morgan fingerprint density at radius 1 is 1.07 bits per heavy atom. The van der Waals surface area contributed by atoms with Crippen molar-refractivity contribution in [2.45, 2.75) is 6.04 Å². The second-order valence-electron chi connectivity index (χ2n) is 6.14. The summed E-state index contributed by atoms with van der Waals surface area (Å²) in [6.45, 7) is 1.96. The summed E-state index contributed by atoms with van der Waals surface area (Å²) in [6.07, 6.45) is 0. The molecule has 1 aliphatic rings. The third-order valence-electron chi connectivity index (χ3n) is 4.33. The van der Waals surface area contributed by atoms with E-state index in [-0.39, 0.29) is 5.56 Å². The lowest BCUT2D eigenvalue weighted by Gasteiger charge is -2.34. The molecule has 1 saturated heterocycles. The van der Waals surface area contributed by atoms with Crippen LogP contribution >= 0.6 is 23.2 Å². The number of carbonyl (C=O) groups excluding carboxylic acids is 2. The first kappa shape index (κ1) is 20.5. The summed E-state index contributed by atoms with van der Waals surface area (Å²) >= 11 is 12.3. The van der Waals surface area contributed by atoms with Gasteiger partial charge in [0.15, 0.2) is 0 Å². The van der Waals surface area contributed by atoms with Gasteiger partial charge in [0.1, 0.15) is 11.9 Å². The fourth-order valence-electron chi connectivity index (χ4n) is 2.96. The molecule has 148 valence electrons. The van der Waals surface area contributed by atoms with Crippen molar-refractivity contribution in [3.8, 4) is 0 Å². The summed E-state index contributed by atoms with van der Waals surface area (Å²) in [5.41, 5.74) is 5.00. The number of carbonyl (C=O) groups is 2. The number of hydrogen-bond acceptors (Lipinski definition) is 4. The molecule has 0 radical (unpaired) electrons. The van der Waals surface area contributed by atoms with E-state index in [1.165, 1.54) is 24.3 Å². The Hall–Kier alpha value is -2.19. The number of benzene rings is 2. The normalized spacial score (nSPS) is 15.7. The molecule has 28 heavy (non-hydrogen) atoms. The molecule has 6 nitrogen and oxygen atoms in total. The number of amides is 2. The summed E-state index contributed by atoms with van der Waals surface area (Å²) < 4.78 is 19.1. The maximum atomic E-state index is 13.7. The molecule has 0 saturated carbocycles. The van der Waals surface area contributed by atoms with Gasteiger partial charge >= 0.3 is 0 Å². The van der Waals surface area contributed by atoms with E-state index in [2.05, 4.69) is 10.9 Å². The van der Waals surface area contributed by atoms with Crippen LogP contribution in [0.4, 0.5) is 4.39 Å². The molecule has 0 bridgehead atoms. The number of morpholine rings is 1. The van der Waals surface area contributed by atoms with Crippen LogP contribution < -0.4 is 10.9 Å². The Labute approximate surface area is 171 Å². The third-order valence-corrected chi connectivity index (χ3v) is 4.90. The van der Waals surface area contributed by atoms with Gasteiger partial charge in [0.2, 0.25) is 0 Å². The van der Waals surface area contributed by atoms with Crippen molar-refractivity contribution in [1.82, 2.24) is 15.8 Å². The summed E-state index contributed by atoms with van der Waals surface area (Å²) in [7, 11) is 0. The topological polar surface area (TPSA) is 70.7 Å². The van der Waals surface area contributed by atoms with Crippen molar-refractivity contribution in [2.24, 2.45) is 0 Å². The molecule has 1 aliphatic heterocycles. The van der Waals surface area contributed by atoms with Crippen LogP contribution in [0.5, 0.6) is 0 Å². The Bertz CT molecular complexity index is 875. The van der Waals surface area contributed by atoms with Gasteiger partial charge < -0.3 is 4.74 Å². The highest BCUT2D eigenvalue weighted by Gasteiger charge is 2.31. The molecule has 0 aliphatic carbocycles. The lowest BCUT2D eigenvalue weighted by molar-refractivity contribution is -0.129. The highest BCUT2D eigenvalue weighted by atomic mass is 35.5. The van der Waals surface area contributed by atoms with Crippen LogP contribution in [-0.4, -0.2) is 43.0 Å². The monoisotopic (exact) mass is 425 g/mol. The SMILES string of the molecule is O=C(NNC(=O)C(c1ccc(Cl)cc1Cl)N1CCOCC1)c1ccccc1F. The van der Waals surface area contributed by atoms with Crippen molar-refractivity contribution >= 4 is 35.0 Å². The predicted octanol–water partition coefficient (Wildman–Crippen LogP) is 2.97. The first-order valence-electron chi connectivity index (χ1n) is 8.59. The number of hydrazine groups is 1. The molecule has 1 heterocycles. The number of nitrogens with one attached hydrogen (secondary N) is 2. The fourth-order valence-corrected chi connectivity index (χ4v) is 3.47. The Morgan fingerprint density at radius 2 is 1.79 bits per heavy atom. The van der Waals surface area contributed by atoms with Crippen LogP contribution in [0.1, 0.15) is 22.0 Å². The van der Waals surface area contributed by atoms with Crippen LogP contribution in [0.3, 0.4) is 0 Å². The Morgan fingerprint density at radius 3 is 2.46 bits per heavy atom. The molecule has 3 rings (SSSR count). The lowest BCUT2D eigenvalue weighted by atomic mass is 10.0. The predicted molar refractivity (Wildman–Crippen MR) is 104 cm³/mol. The molecule has 0 aromatic heterocycles. The van der Waals surface area contributed by atoms with E-state index in [0.717, 1.165) is 0 Å². The summed E-state index contributed by atoms with van der Waals surface area (Å²) in [5, 5.41) is 0.780. The first-order chi connectivity index (χ1) is 13.5. The molecule has 1 atom stereocenters. The van der Waals surface area contributed by atoms with E-state index >= 15 is 0 Å². The van der Waals surface area contributed by atoms with Gasteiger partial charge in [-0.2, -0.15) is 0 Å². The number of rotatable bonds is 4. The molecular weight excluding hydrogens is 408 g/mol. The summed E-state index contributed by atoms with van der Waals surface area (Å²) in [6, 6.07) is 9.59. The molecular formula is C19H18Cl2FN3O3. The average Bonchev–Trinajstić information content (AvgIpc) is 2.69. The largest absolute Gasteiger partial charge is 0.379 e. The first-order valence-corrected chi connectivity index (χ1v) is 9.34. The number of halogens is 3. The van der Waals surface area contributed by atoms with Gasteiger partial charge in [0.05, 0.1) is 18.8 Å².